The van der Waals surface area contributed by atoms with Gasteiger partial charge >= 0.3 is 12.2 Å². The van der Waals surface area contributed by atoms with Crippen LogP contribution in [-0.2, 0) is 4.74 Å². The molecule has 112 valence electrons. The lowest BCUT2D eigenvalue weighted by Crippen LogP contribution is -2.18. The quantitative estimate of drug-likeness (QED) is 0.373. The summed E-state index contributed by atoms with van der Waals surface area (Å²) in [6, 6.07) is 12.5. The molecule has 0 N–H and O–H groups in total. The van der Waals surface area contributed by atoms with E-state index in [1.165, 1.54) is 24.3 Å². The van der Waals surface area contributed by atoms with Crippen molar-refractivity contribution in [3.05, 3.63) is 69.8 Å². The lowest BCUT2D eigenvalue weighted by Gasteiger charge is -2.11. The van der Waals surface area contributed by atoms with Crippen LogP contribution in [0.1, 0.15) is 22.1 Å². The SMILES string of the molecule is O=C(OC(c1ccc2c(c1)OCO2)[N+](=O)[O-])c1ccccc1. The second-order valence-electron chi connectivity index (χ2n) is 4.52. The molecule has 0 aliphatic carbocycles. The third-order valence-electron chi connectivity index (χ3n) is 3.10. The highest BCUT2D eigenvalue weighted by molar-refractivity contribution is 5.89. The van der Waals surface area contributed by atoms with Crippen molar-refractivity contribution in [2.24, 2.45) is 0 Å². The first kappa shape index (κ1) is 13.9. The molecular formula is C15H11NO6. The summed E-state index contributed by atoms with van der Waals surface area (Å²) in [6.45, 7) is 0.0612. The minimum atomic E-state index is -1.61. The topological polar surface area (TPSA) is 87.9 Å². The zero-order chi connectivity index (χ0) is 15.5. The second kappa shape index (κ2) is 5.72. The molecule has 0 spiro atoms. The zero-order valence-electron chi connectivity index (χ0n) is 11.3. The lowest BCUT2D eigenvalue weighted by molar-refractivity contribution is -0.574. The van der Waals surface area contributed by atoms with Crippen LogP contribution in [0.2, 0.25) is 0 Å². The highest BCUT2D eigenvalue weighted by Gasteiger charge is 2.30. The highest BCUT2D eigenvalue weighted by atomic mass is 16.7. The van der Waals surface area contributed by atoms with Gasteiger partial charge in [0, 0.05) is 0 Å². The van der Waals surface area contributed by atoms with Crippen LogP contribution in [0.15, 0.2) is 48.5 Å². The molecule has 0 bridgehead atoms. The van der Waals surface area contributed by atoms with E-state index < -0.39 is 17.1 Å². The van der Waals surface area contributed by atoms with E-state index in [0.717, 1.165) is 0 Å². The number of benzene rings is 2. The van der Waals surface area contributed by atoms with Crippen LogP contribution >= 0.6 is 0 Å². The Kier molecular flexibility index (Phi) is 3.61. The molecule has 7 nitrogen and oxygen atoms in total. The van der Waals surface area contributed by atoms with Gasteiger partial charge in [-0.25, -0.2) is 4.79 Å². The minimum absolute atomic E-state index is 0.0612. The van der Waals surface area contributed by atoms with Crippen molar-refractivity contribution in [1.29, 1.82) is 0 Å². The van der Waals surface area contributed by atoms with E-state index in [1.807, 2.05) is 0 Å². The van der Waals surface area contributed by atoms with Crippen molar-refractivity contribution in [2.45, 2.75) is 6.23 Å². The summed E-state index contributed by atoms with van der Waals surface area (Å²) in [7, 11) is 0. The van der Waals surface area contributed by atoms with Crippen molar-refractivity contribution in [3.8, 4) is 11.5 Å². The molecule has 0 aromatic heterocycles. The third-order valence-corrected chi connectivity index (χ3v) is 3.10. The maximum atomic E-state index is 12.0. The monoisotopic (exact) mass is 301 g/mol. The Labute approximate surface area is 125 Å². The first-order valence-corrected chi connectivity index (χ1v) is 6.44. The van der Waals surface area contributed by atoms with E-state index >= 15 is 0 Å². The average molecular weight is 301 g/mol. The summed E-state index contributed by atoms with van der Waals surface area (Å²) in [5.74, 6) is 0.125. The summed E-state index contributed by atoms with van der Waals surface area (Å²) in [5.41, 5.74) is 0.452. The largest absolute Gasteiger partial charge is 0.454 e. The van der Waals surface area contributed by atoms with Crippen LogP contribution in [0.3, 0.4) is 0 Å². The van der Waals surface area contributed by atoms with Crippen LogP contribution in [0, 0.1) is 10.1 Å². The smallest absolute Gasteiger partial charge is 0.383 e. The Hall–Kier alpha value is -3.09. The maximum absolute atomic E-state index is 12.0. The standard InChI is InChI=1S/C15H11NO6/c17-15(10-4-2-1-3-5-10)22-14(16(18)19)11-6-7-12-13(8-11)21-9-20-12/h1-8,14H,9H2. The molecule has 1 heterocycles. The van der Waals surface area contributed by atoms with Gasteiger partial charge in [-0.3, -0.25) is 10.1 Å². The van der Waals surface area contributed by atoms with Crippen molar-refractivity contribution in [1.82, 2.24) is 0 Å². The molecular weight excluding hydrogens is 290 g/mol. The van der Waals surface area contributed by atoms with Crippen LogP contribution in [0.25, 0.3) is 0 Å². The number of nitrogens with zero attached hydrogens (tertiary/aromatic N) is 1. The van der Waals surface area contributed by atoms with E-state index in [2.05, 4.69) is 0 Å². The second-order valence-corrected chi connectivity index (χ2v) is 4.52. The molecule has 2 aromatic carbocycles. The van der Waals surface area contributed by atoms with Crippen molar-refractivity contribution < 1.29 is 23.9 Å². The first-order valence-electron chi connectivity index (χ1n) is 6.44. The van der Waals surface area contributed by atoms with Gasteiger partial charge in [0.05, 0.1) is 16.1 Å². The fraction of sp³-hybridized carbons (Fsp3) is 0.133. The molecule has 0 radical (unpaired) electrons. The summed E-state index contributed by atoms with van der Waals surface area (Å²) in [5, 5.41) is 11.2. The molecule has 0 saturated carbocycles. The molecule has 2 aromatic rings. The number of esters is 1. The van der Waals surface area contributed by atoms with Crippen LogP contribution in [0.5, 0.6) is 11.5 Å². The fourth-order valence-corrected chi connectivity index (χ4v) is 2.04. The van der Waals surface area contributed by atoms with Gasteiger partial charge in [0.1, 0.15) is 0 Å². The van der Waals surface area contributed by atoms with Gasteiger partial charge in [0.2, 0.25) is 6.79 Å². The van der Waals surface area contributed by atoms with E-state index in [1.54, 1.807) is 24.3 Å². The number of fused-ring (bicyclic) bond motifs is 1. The summed E-state index contributed by atoms with van der Waals surface area (Å²) < 4.78 is 15.3. The van der Waals surface area contributed by atoms with Gasteiger partial charge in [-0.1, -0.05) is 18.2 Å². The van der Waals surface area contributed by atoms with Gasteiger partial charge in [-0.05, 0) is 30.3 Å². The Morgan fingerprint density at radius 3 is 2.59 bits per heavy atom. The molecule has 1 atom stereocenters. The maximum Gasteiger partial charge on any atom is 0.383 e. The van der Waals surface area contributed by atoms with Gasteiger partial charge in [-0.15, -0.1) is 0 Å². The van der Waals surface area contributed by atoms with Crippen molar-refractivity contribution in [2.75, 3.05) is 6.79 Å². The van der Waals surface area contributed by atoms with E-state index in [-0.39, 0.29) is 17.9 Å². The number of hydrogen-bond donors (Lipinski definition) is 0. The van der Waals surface area contributed by atoms with Crippen LogP contribution in [-0.4, -0.2) is 17.7 Å². The Balaban J connectivity index is 1.84. The molecule has 7 heteroatoms. The Bertz CT molecular complexity index is 715. The molecule has 22 heavy (non-hydrogen) atoms. The lowest BCUT2D eigenvalue weighted by atomic mass is 10.1. The van der Waals surface area contributed by atoms with Crippen LogP contribution < -0.4 is 9.47 Å². The molecule has 3 rings (SSSR count). The fourth-order valence-electron chi connectivity index (χ4n) is 2.04. The first-order chi connectivity index (χ1) is 10.6. The molecule has 1 aliphatic heterocycles. The predicted octanol–water partition coefficient (Wildman–Crippen LogP) is 2.55. The third kappa shape index (κ3) is 2.69. The average Bonchev–Trinajstić information content (AvgIpc) is 3.00. The number of nitro groups is 1. The van der Waals surface area contributed by atoms with Gasteiger partial charge in [-0.2, -0.15) is 0 Å². The Morgan fingerprint density at radius 2 is 1.86 bits per heavy atom. The summed E-state index contributed by atoms with van der Waals surface area (Å²) in [4.78, 5) is 22.5. The number of carbonyl (C=O) groups excluding carboxylic acids is 1. The Morgan fingerprint density at radius 1 is 1.14 bits per heavy atom. The van der Waals surface area contributed by atoms with E-state index in [9.17, 15) is 14.9 Å². The van der Waals surface area contributed by atoms with Crippen molar-refractivity contribution >= 4 is 5.97 Å². The normalized spacial score (nSPS) is 13.5. The zero-order valence-corrected chi connectivity index (χ0v) is 11.3. The number of rotatable bonds is 4. The molecule has 0 saturated heterocycles. The molecule has 1 unspecified atom stereocenters. The van der Waals surface area contributed by atoms with Gasteiger partial charge in [0.15, 0.2) is 11.5 Å². The minimum Gasteiger partial charge on any atom is -0.454 e. The summed E-state index contributed by atoms with van der Waals surface area (Å²) in [6.07, 6.45) is -1.61. The van der Waals surface area contributed by atoms with E-state index in [4.69, 9.17) is 14.2 Å². The van der Waals surface area contributed by atoms with E-state index in [0.29, 0.717) is 11.5 Å². The molecule has 0 amide bonds. The van der Waals surface area contributed by atoms with Crippen LogP contribution in [0.4, 0.5) is 0 Å². The molecule has 0 fully saturated rings. The summed E-state index contributed by atoms with van der Waals surface area (Å²) >= 11 is 0. The number of hydrogen-bond acceptors (Lipinski definition) is 6. The number of carbonyl (C=O) groups is 1. The van der Waals surface area contributed by atoms with Crippen molar-refractivity contribution in [3.63, 3.8) is 0 Å². The highest BCUT2D eigenvalue weighted by Crippen LogP contribution is 2.35. The van der Waals surface area contributed by atoms with Gasteiger partial charge < -0.3 is 14.2 Å². The molecule has 1 aliphatic rings. The van der Waals surface area contributed by atoms with Gasteiger partial charge in [0.25, 0.3) is 0 Å². The number of ether oxygens (including phenoxy) is 3. The predicted molar refractivity (Wildman–Crippen MR) is 74.2 cm³/mol.